The van der Waals surface area contributed by atoms with Crippen molar-refractivity contribution in [1.82, 2.24) is 0 Å². The molecular weight excluding hydrogens is 430 g/mol. The average Bonchev–Trinajstić information content (AvgIpc) is 2.25. The summed E-state index contributed by atoms with van der Waals surface area (Å²) < 4.78 is 3.27. The molecule has 0 nitrogen and oxygen atoms in total. The second kappa shape index (κ2) is 5.01. The van der Waals surface area contributed by atoms with Crippen LogP contribution in [0.15, 0.2) is 36.4 Å². The summed E-state index contributed by atoms with van der Waals surface area (Å²) in [6, 6.07) is 14.3. The van der Waals surface area contributed by atoms with Crippen molar-refractivity contribution in [3.8, 4) is 0 Å². The molecule has 0 aromatic heterocycles. The van der Waals surface area contributed by atoms with E-state index in [0.29, 0.717) is 0 Å². The first-order valence-electron chi connectivity index (χ1n) is 6.73. The Morgan fingerprint density at radius 3 is 1.28 bits per heavy atom. The van der Waals surface area contributed by atoms with Crippen LogP contribution in [-0.2, 0) is 0 Å². The normalized spacial score (nSPS) is 13.0. The second-order valence-electron chi connectivity index (χ2n) is 7.28. The van der Waals surface area contributed by atoms with Gasteiger partial charge in [0.1, 0.15) is 0 Å². The van der Waals surface area contributed by atoms with Crippen molar-refractivity contribution >= 4 is 54.7 Å². The molecule has 0 radical (unpaired) electrons. The third-order valence-corrected chi connectivity index (χ3v) is 15.2. The van der Waals surface area contributed by atoms with Gasteiger partial charge in [-0.1, -0.05) is 0 Å². The van der Waals surface area contributed by atoms with Gasteiger partial charge in [0.2, 0.25) is 0 Å². The summed E-state index contributed by atoms with van der Waals surface area (Å²) in [6.45, 7) is 0. The van der Waals surface area contributed by atoms with Crippen LogP contribution in [0.4, 0.5) is 0 Å². The van der Waals surface area contributed by atoms with E-state index in [1.165, 1.54) is 10.8 Å². The van der Waals surface area contributed by atoms with Crippen molar-refractivity contribution in [3.05, 3.63) is 36.4 Å². The zero-order valence-electron chi connectivity index (χ0n) is 12.5. The van der Waals surface area contributed by atoms with E-state index >= 15 is 0 Å². The first-order valence-corrected chi connectivity index (χ1v) is 26.7. The Bertz CT molecular complexity index is 523. The maximum atomic E-state index is 2.49. The van der Waals surface area contributed by atoms with Crippen LogP contribution in [0.2, 0.25) is 29.6 Å². The molecule has 0 heterocycles. The van der Waals surface area contributed by atoms with Crippen molar-refractivity contribution < 1.29 is 0 Å². The molecule has 0 fully saturated rings. The molecule has 0 bridgehead atoms. The van der Waals surface area contributed by atoms with Crippen LogP contribution in [0.25, 0.3) is 10.8 Å². The van der Waals surface area contributed by atoms with E-state index < -0.39 is 36.8 Å². The Morgan fingerprint density at radius 1 is 0.556 bits per heavy atom. The van der Waals surface area contributed by atoms with E-state index in [1.807, 2.05) is 0 Å². The van der Waals surface area contributed by atoms with Gasteiger partial charge in [-0.25, -0.2) is 0 Å². The van der Waals surface area contributed by atoms with E-state index in [9.17, 15) is 0 Å². The Morgan fingerprint density at radius 2 is 0.944 bits per heavy atom. The third-order valence-electron chi connectivity index (χ3n) is 3.57. The topological polar surface area (TPSA) is 0 Å². The van der Waals surface area contributed by atoms with Crippen LogP contribution in [0.5, 0.6) is 0 Å². The molecule has 0 aliphatic heterocycles. The quantitative estimate of drug-likeness (QED) is 0.605. The van der Waals surface area contributed by atoms with Crippen molar-refractivity contribution in [3.63, 3.8) is 0 Å². The number of hydrogen-bond acceptors (Lipinski definition) is 0. The van der Waals surface area contributed by atoms with E-state index in [0.717, 1.165) is 0 Å². The molecule has 0 N–H and O–H groups in total. The van der Waals surface area contributed by atoms with Gasteiger partial charge < -0.3 is 0 Å². The van der Waals surface area contributed by atoms with E-state index in [-0.39, 0.29) is 0 Å². The SMILES string of the molecule is [CH3][Sn]([CH3])([CH3])[c]1ccc2cc[c]([Sn]([CH3])([CH3])[CH3])cc2c1. The van der Waals surface area contributed by atoms with Crippen molar-refractivity contribution in [2.75, 3.05) is 0 Å². The van der Waals surface area contributed by atoms with Crippen LogP contribution in [-0.4, -0.2) is 36.8 Å². The third kappa shape index (κ3) is 3.24. The molecule has 0 amide bonds. The van der Waals surface area contributed by atoms with Gasteiger partial charge in [0.25, 0.3) is 0 Å². The van der Waals surface area contributed by atoms with Gasteiger partial charge in [-0.2, -0.15) is 0 Å². The summed E-state index contributed by atoms with van der Waals surface area (Å²) in [5.41, 5.74) is 0. The predicted molar refractivity (Wildman–Crippen MR) is 89.9 cm³/mol. The molecular formula is C16H24Sn2. The first kappa shape index (κ1) is 14.7. The molecule has 0 spiro atoms. The van der Waals surface area contributed by atoms with Gasteiger partial charge in [-0.15, -0.1) is 0 Å². The van der Waals surface area contributed by atoms with Gasteiger partial charge in [0, 0.05) is 0 Å². The summed E-state index contributed by atoms with van der Waals surface area (Å²) in [5.74, 6) is 0. The van der Waals surface area contributed by atoms with Gasteiger partial charge in [-0.3, -0.25) is 0 Å². The van der Waals surface area contributed by atoms with Crippen LogP contribution in [0.1, 0.15) is 0 Å². The van der Waals surface area contributed by atoms with Crippen LogP contribution in [0.3, 0.4) is 0 Å². The summed E-state index contributed by atoms with van der Waals surface area (Å²) in [7, 11) is 0. The molecule has 0 saturated heterocycles. The van der Waals surface area contributed by atoms with Crippen molar-refractivity contribution in [2.45, 2.75) is 29.6 Å². The molecule has 0 aliphatic rings. The fourth-order valence-corrected chi connectivity index (χ4v) is 8.87. The fraction of sp³-hybridized carbons (Fsp3) is 0.375. The van der Waals surface area contributed by atoms with Gasteiger partial charge in [0.05, 0.1) is 0 Å². The van der Waals surface area contributed by atoms with E-state index in [2.05, 4.69) is 66.0 Å². The van der Waals surface area contributed by atoms with Gasteiger partial charge >= 0.3 is 121 Å². The standard InChI is InChI=1S/C10H6.6CH3.2Sn/c1-2-6-10-8-4-3-7-9(10)5-1;;;;;;;;/h1,3,5-8H;6*1H3;;. The molecule has 2 aromatic rings. The van der Waals surface area contributed by atoms with Crippen LogP contribution in [0, 0.1) is 0 Å². The zero-order chi connectivity index (χ0) is 13.6. The number of hydrogen-bond donors (Lipinski definition) is 0. The number of benzene rings is 2. The molecule has 0 aliphatic carbocycles. The molecule has 2 aromatic carbocycles. The molecule has 2 rings (SSSR count). The molecule has 0 atom stereocenters. The zero-order valence-corrected chi connectivity index (χ0v) is 18.2. The van der Waals surface area contributed by atoms with Gasteiger partial charge in [0.15, 0.2) is 0 Å². The van der Waals surface area contributed by atoms with Gasteiger partial charge in [-0.05, 0) is 0 Å². The molecule has 0 unspecified atom stereocenters. The monoisotopic (exact) mass is 456 g/mol. The maximum absolute atomic E-state index is 2.49. The first-order chi connectivity index (χ1) is 8.18. The number of rotatable bonds is 2. The fourth-order valence-electron chi connectivity index (χ4n) is 2.18. The Labute approximate surface area is 120 Å². The van der Waals surface area contributed by atoms with Crippen molar-refractivity contribution in [1.29, 1.82) is 0 Å². The summed E-state index contributed by atoms with van der Waals surface area (Å²) in [4.78, 5) is 14.9. The summed E-state index contributed by atoms with van der Waals surface area (Å²) in [5, 5.41) is 2.86. The predicted octanol–water partition coefficient (Wildman–Crippen LogP) is 3.93. The summed E-state index contributed by atoms with van der Waals surface area (Å²) >= 11 is -3.86. The van der Waals surface area contributed by atoms with E-state index in [4.69, 9.17) is 0 Å². The average molecular weight is 454 g/mol. The van der Waals surface area contributed by atoms with Crippen LogP contribution < -0.4 is 7.16 Å². The second-order valence-corrected chi connectivity index (χ2v) is 36.3. The minimum atomic E-state index is -1.93. The van der Waals surface area contributed by atoms with Crippen LogP contribution >= 0.6 is 0 Å². The van der Waals surface area contributed by atoms with Crippen molar-refractivity contribution in [2.24, 2.45) is 0 Å². The summed E-state index contributed by atoms with van der Waals surface area (Å²) in [6.07, 6.45) is 0. The molecule has 2 heteroatoms. The molecule has 18 heavy (non-hydrogen) atoms. The number of fused-ring (bicyclic) bond motifs is 1. The minimum absolute atomic E-state index is 1.40. The Hall–Kier alpha value is 0.297. The molecule has 0 saturated carbocycles. The molecule has 96 valence electrons. The van der Waals surface area contributed by atoms with E-state index in [1.54, 1.807) is 7.16 Å². The Kier molecular flexibility index (Phi) is 4.09. The Balaban J connectivity index is 2.61.